The summed E-state index contributed by atoms with van der Waals surface area (Å²) < 4.78 is 1.69. The third-order valence-corrected chi connectivity index (χ3v) is 2.67. The first kappa shape index (κ1) is 14.0. The molecule has 0 aliphatic heterocycles. The van der Waals surface area contributed by atoms with Crippen molar-refractivity contribution in [3.05, 3.63) is 42.4 Å². The van der Waals surface area contributed by atoms with E-state index in [1.54, 1.807) is 17.1 Å². The molecular formula is C14H19N5O. The molecule has 0 radical (unpaired) electrons. The van der Waals surface area contributed by atoms with Crippen molar-refractivity contribution in [1.29, 1.82) is 0 Å². The Morgan fingerprint density at radius 1 is 1.35 bits per heavy atom. The first-order chi connectivity index (χ1) is 9.65. The van der Waals surface area contributed by atoms with Gasteiger partial charge >= 0.3 is 6.03 Å². The molecule has 2 N–H and O–H groups in total. The molecule has 2 aromatic heterocycles. The Morgan fingerprint density at radius 3 is 2.80 bits per heavy atom. The maximum Gasteiger partial charge on any atom is 0.315 e. The lowest BCUT2D eigenvalue weighted by molar-refractivity contribution is 0.239. The lowest BCUT2D eigenvalue weighted by atomic mass is 10.2. The molecule has 0 aromatic carbocycles. The van der Waals surface area contributed by atoms with Gasteiger partial charge in [-0.2, -0.15) is 5.10 Å². The summed E-state index contributed by atoms with van der Waals surface area (Å²) in [6.07, 6.45) is 5.27. The molecule has 6 heteroatoms. The van der Waals surface area contributed by atoms with E-state index in [0.29, 0.717) is 19.0 Å². The van der Waals surface area contributed by atoms with Crippen molar-refractivity contribution in [1.82, 2.24) is 25.4 Å². The van der Waals surface area contributed by atoms with Crippen LogP contribution in [0.1, 0.15) is 19.4 Å². The van der Waals surface area contributed by atoms with Crippen molar-refractivity contribution < 1.29 is 4.79 Å². The van der Waals surface area contributed by atoms with E-state index in [0.717, 1.165) is 11.4 Å². The van der Waals surface area contributed by atoms with Crippen LogP contribution in [0.5, 0.6) is 0 Å². The van der Waals surface area contributed by atoms with Gasteiger partial charge in [0.2, 0.25) is 0 Å². The van der Waals surface area contributed by atoms with E-state index in [4.69, 9.17) is 0 Å². The smallest absolute Gasteiger partial charge is 0.315 e. The highest BCUT2D eigenvalue weighted by Gasteiger charge is 2.02. The molecule has 2 heterocycles. The van der Waals surface area contributed by atoms with Gasteiger partial charge in [0, 0.05) is 31.7 Å². The third-order valence-electron chi connectivity index (χ3n) is 2.67. The van der Waals surface area contributed by atoms with E-state index >= 15 is 0 Å². The average Bonchev–Trinajstić information content (AvgIpc) is 2.97. The number of amides is 2. The van der Waals surface area contributed by atoms with Crippen LogP contribution in [0.15, 0.2) is 36.8 Å². The lowest BCUT2D eigenvalue weighted by Gasteiger charge is -2.09. The zero-order chi connectivity index (χ0) is 14.4. The second kappa shape index (κ2) is 6.70. The minimum atomic E-state index is -0.158. The molecular weight excluding hydrogens is 254 g/mol. The Labute approximate surface area is 118 Å². The molecule has 0 saturated heterocycles. The van der Waals surface area contributed by atoms with Gasteiger partial charge in [-0.3, -0.25) is 0 Å². The summed E-state index contributed by atoms with van der Waals surface area (Å²) in [5.41, 5.74) is 0.945. The molecule has 106 valence electrons. The van der Waals surface area contributed by atoms with E-state index in [1.165, 1.54) is 0 Å². The molecule has 0 saturated carbocycles. The zero-order valence-corrected chi connectivity index (χ0v) is 11.7. The molecule has 0 spiro atoms. The van der Waals surface area contributed by atoms with Crippen LogP contribution in [0.25, 0.3) is 5.82 Å². The second-order valence-electron chi connectivity index (χ2n) is 4.93. The number of aromatic nitrogens is 3. The first-order valence-corrected chi connectivity index (χ1v) is 6.62. The molecule has 0 aliphatic rings. The van der Waals surface area contributed by atoms with Crippen molar-refractivity contribution >= 4 is 6.03 Å². The fraction of sp³-hybridized carbons (Fsp3) is 0.357. The predicted octanol–water partition coefficient (Wildman–Crippen LogP) is 1.72. The summed E-state index contributed by atoms with van der Waals surface area (Å²) in [5, 5.41) is 9.70. The molecule has 0 aliphatic carbocycles. The van der Waals surface area contributed by atoms with Crippen LogP contribution >= 0.6 is 0 Å². The maximum absolute atomic E-state index is 11.5. The molecule has 0 atom stereocenters. The molecule has 0 unspecified atom stereocenters. The minimum Gasteiger partial charge on any atom is -0.338 e. The predicted molar refractivity (Wildman–Crippen MR) is 76.4 cm³/mol. The van der Waals surface area contributed by atoms with Crippen LogP contribution in [-0.2, 0) is 6.54 Å². The van der Waals surface area contributed by atoms with Gasteiger partial charge < -0.3 is 10.6 Å². The number of urea groups is 1. The SMILES string of the molecule is CC(C)CNC(=O)NCc1ccc(-n2cccn2)nc1. The van der Waals surface area contributed by atoms with Crippen LogP contribution in [-0.4, -0.2) is 27.3 Å². The Balaban J connectivity index is 1.84. The normalized spacial score (nSPS) is 10.6. The monoisotopic (exact) mass is 273 g/mol. The molecule has 6 nitrogen and oxygen atoms in total. The van der Waals surface area contributed by atoms with Crippen molar-refractivity contribution in [2.24, 2.45) is 5.92 Å². The first-order valence-electron chi connectivity index (χ1n) is 6.62. The molecule has 0 bridgehead atoms. The lowest BCUT2D eigenvalue weighted by Crippen LogP contribution is -2.37. The second-order valence-corrected chi connectivity index (χ2v) is 4.93. The van der Waals surface area contributed by atoms with E-state index in [9.17, 15) is 4.79 Å². The third kappa shape index (κ3) is 4.08. The molecule has 2 amide bonds. The maximum atomic E-state index is 11.5. The number of hydrogen-bond donors (Lipinski definition) is 2. The summed E-state index contributed by atoms with van der Waals surface area (Å²) in [6.45, 7) is 5.23. The van der Waals surface area contributed by atoms with Gasteiger partial charge in [0.1, 0.15) is 0 Å². The van der Waals surface area contributed by atoms with Crippen LogP contribution in [0.3, 0.4) is 0 Å². The summed E-state index contributed by atoms with van der Waals surface area (Å²) in [5.74, 6) is 1.19. The quantitative estimate of drug-likeness (QED) is 0.871. The molecule has 2 aromatic rings. The number of carbonyl (C=O) groups is 1. The number of rotatable bonds is 5. The van der Waals surface area contributed by atoms with Crippen LogP contribution in [0.4, 0.5) is 4.79 Å². The van der Waals surface area contributed by atoms with Crippen molar-refractivity contribution in [2.45, 2.75) is 20.4 Å². The average molecular weight is 273 g/mol. The zero-order valence-electron chi connectivity index (χ0n) is 11.7. The Bertz CT molecular complexity index is 533. The number of hydrogen-bond acceptors (Lipinski definition) is 3. The number of carbonyl (C=O) groups excluding carboxylic acids is 1. The highest BCUT2D eigenvalue weighted by Crippen LogP contribution is 2.04. The Kier molecular flexibility index (Phi) is 4.70. The standard InChI is InChI=1S/C14H19N5O/c1-11(2)8-16-14(20)17-10-12-4-5-13(15-9-12)19-7-3-6-18-19/h3-7,9,11H,8,10H2,1-2H3,(H2,16,17,20). The summed E-state index contributed by atoms with van der Waals surface area (Å²) in [4.78, 5) is 15.8. The number of nitrogens with zero attached hydrogens (tertiary/aromatic N) is 3. The Morgan fingerprint density at radius 2 is 2.20 bits per heavy atom. The van der Waals surface area contributed by atoms with Gasteiger partial charge in [-0.25, -0.2) is 14.5 Å². The molecule has 2 rings (SSSR count). The van der Waals surface area contributed by atoms with Crippen LogP contribution < -0.4 is 10.6 Å². The topological polar surface area (TPSA) is 71.8 Å². The van der Waals surface area contributed by atoms with Crippen molar-refractivity contribution in [2.75, 3.05) is 6.54 Å². The fourth-order valence-electron chi connectivity index (χ4n) is 1.60. The largest absolute Gasteiger partial charge is 0.338 e. The van der Waals surface area contributed by atoms with Gasteiger partial charge in [-0.15, -0.1) is 0 Å². The summed E-state index contributed by atoms with van der Waals surface area (Å²) in [6, 6.07) is 5.48. The summed E-state index contributed by atoms with van der Waals surface area (Å²) >= 11 is 0. The van der Waals surface area contributed by atoms with Gasteiger partial charge in [0.05, 0.1) is 0 Å². The van der Waals surface area contributed by atoms with Gasteiger partial charge in [0.25, 0.3) is 0 Å². The van der Waals surface area contributed by atoms with Gasteiger partial charge in [-0.1, -0.05) is 19.9 Å². The van der Waals surface area contributed by atoms with Crippen molar-refractivity contribution in [3.63, 3.8) is 0 Å². The van der Waals surface area contributed by atoms with Gasteiger partial charge in [0.15, 0.2) is 5.82 Å². The van der Waals surface area contributed by atoms with Gasteiger partial charge in [-0.05, 0) is 23.6 Å². The molecule has 0 fully saturated rings. The minimum absolute atomic E-state index is 0.158. The van der Waals surface area contributed by atoms with Crippen molar-refractivity contribution in [3.8, 4) is 5.82 Å². The highest BCUT2D eigenvalue weighted by atomic mass is 16.2. The van der Waals surface area contributed by atoms with E-state index in [2.05, 4.69) is 34.6 Å². The van der Waals surface area contributed by atoms with E-state index < -0.39 is 0 Å². The van der Waals surface area contributed by atoms with E-state index in [1.807, 2.05) is 24.4 Å². The number of nitrogens with one attached hydrogen (secondary N) is 2. The molecule has 20 heavy (non-hydrogen) atoms. The highest BCUT2D eigenvalue weighted by molar-refractivity contribution is 5.73. The Hall–Kier alpha value is -2.37. The van der Waals surface area contributed by atoms with Crippen LogP contribution in [0, 0.1) is 5.92 Å². The summed E-state index contributed by atoms with van der Waals surface area (Å²) in [7, 11) is 0. The fourth-order valence-corrected chi connectivity index (χ4v) is 1.60. The van der Waals surface area contributed by atoms with Crippen LogP contribution in [0.2, 0.25) is 0 Å². The van der Waals surface area contributed by atoms with E-state index in [-0.39, 0.29) is 6.03 Å². The number of pyridine rings is 1.